The number of nitrogens with zero attached hydrogens (tertiary/aromatic N) is 1. The molecule has 0 saturated heterocycles. The third-order valence-electron chi connectivity index (χ3n) is 4.12. The number of carbonyl (C=O) groups excluding carboxylic acids is 1. The van der Waals surface area contributed by atoms with Crippen molar-refractivity contribution in [2.45, 2.75) is 13.0 Å². The largest absolute Gasteiger partial charge is 0.493 e. The molecule has 8 heteroatoms. The zero-order valence-electron chi connectivity index (χ0n) is 15.9. The first kappa shape index (κ1) is 20.6. The third-order valence-corrected chi connectivity index (χ3v) is 5.31. The van der Waals surface area contributed by atoms with E-state index in [1.807, 2.05) is 0 Å². The zero-order valence-corrected chi connectivity index (χ0v) is 16.7. The van der Waals surface area contributed by atoms with Crippen molar-refractivity contribution in [3.8, 4) is 11.5 Å². The van der Waals surface area contributed by atoms with Crippen LogP contribution in [-0.4, -0.2) is 41.8 Å². The molecule has 146 valence electrons. The average molecular weight is 392 g/mol. The highest BCUT2D eigenvalue weighted by atomic mass is 32.2. The van der Waals surface area contributed by atoms with Gasteiger partial charge in [-0.25, -0.2) is 8.42 Å². The first-order chi connectivity index (χ1) is 12.8. The van der Waals surface area contributed by atoms with E-state index in [1.165, 1.54) is 18.5 Å². The summed E-state index contributed by atoms with van der Waals surface area (Å²) in [7, 11) is 1.19. The van der Waals surface area contributed by atoms with Gasteiger partial charge in [-0.3, -0.25) is 9.10 Å². The van der Waals surface area contributed by atoms with E-state index < -0.39 is 10.0 Å². The number of nitrogens with one attached hydrogen (secondary N) is 1. The van der Waals surface area contributed by atoms with Gasteiger partial charge in [-0.15, -0.1) is 0 Å². The van der Waals surface area contributed by atoms with Crippen LogP contribution in [0.25, 0.3) is 0 Å². The lowest BCUT2D eigenvalue weighted by Crippen LogP contribution is -2.29. The highest BCUT2D eigenvalue weighted by Crippen LogP contribution is 2.27. The molecule has 0 unspecified atom stereocenters. The van der Waals surface area contributed by atoms with Crippen molar-refractivity contribution in [3.63, 3.8) is 0 Å². The minimum Gasteiger partial charge on any atom is -0.493 e. The number of anilines is 1. The molecule has 7 nitrogen and oxygen atoms in total. The number of sulfonamides is 1. The van der Waals surface area contributed by atoms with Gasteiger partial charge in [0.1, 0.15) is 0 Å². The van der Waals surface area contributed by atoms with Crippen LogP contribution < -0.4 is 19.1 Å². The standard InChI is InChI=1S/C19H24N2O5S/c1-21(27(4,23)24)16-8-6-5-7-15(16)13-20-19(22)12-14-9-10-17(25-2)18(11-14)26-3/h5-11H,12-13H2,1-4H3,(H,20,22). The molecule has 0 radical (unpaired) electrons. The SMILES string of the molecule is COc1ccc(CC(=O)NCc2ccccc2N(C)S(C)(=O)=O)cc1OC. The Bertz CT molecular complexity index is 912. The Morgan fingerprint density at radius 2 is 1.74 bits per heavy atom. The second-order valence-corrected chi connectivity index (χ2v) is 8.02. The van der Waals surface area contributed by atoms with E-state index in [4.69, 9.17) is 9.47 Å². The van der Waals surface area contributed by atoms with Crippen LogP contribution in [0, 0.1) is 0 Å². The minimum atomic E-state index is -3.38. The monoisotopic (exact) mass is 392 g/mol. The maximum absolute atomic E-state index is 12.3. The number of benzene rings is 2. The highest BCUT2D eigenvalue weighted by Gasteiger charge is 2.16. The minimum absolute atomic E-state index is 0.171. The first-order valence-corrected chi connectivity index (χ1v) is 10.1. The first-order valence-electron chi connectivity index (χ1n) is 8.25. The van der Waals surface area contributed by atoms with Gasteiger partial charge in [0.15, 0.2) is 11.5 Å². The molecule has 0 aliphatic carbocycles. The van der Waals surface area contributed by atoms with Crippen molar-refractivity contribution in [2.75, 3.05) is 31.8 Å². The van der Waals surface area contributed by atoms with E-state index in [1.54, 1.807) is 49.6 Å². The molecule has 2 aromatic carbocycles. The molecule has 1 N–H and O–H groups in total. The summed E-state index contributed by atoms with van der Waals surface area (Å²) in [5.41, 5.74) is 2.03. The van der Waals surface area contributed by atoms with Crippen LogP contribution >= 0.6 is 0 Å². The Hall–Kier alpha value is -2.74. The summed E-state index contributed by atoms with van der Waals surface area (Å²) in [6, 6.07) is 12.3. The molecule has 0 aromatic heterocycles. The van der Waals surface area contributed by atoms with Gasteiger partial charge in [-0.2, -0.15) is 0 Å². The van der Waals surface area contributed by atoms with Gasteiger partial charge < -0.3 is 14.8 Å². The second-order valence-electron chi connectivity index (χ2n) is 6.00. The summed E-state index contributed by atoms with van der Waals surface area (Å²) in [6.07, 6.45) is 1.31. The predicted molar refractivity (Wildman–Crippen MR) is 105 cm³/mol. The van der Waals surface area contributed by atoms with E-state index in [9.17, 15) is 13.2 Å². The van der Waals surface area contributed by atoms with E-state index in [0.29, 0.717) is 22.7 Å². The summed E-state index contributed by atoms with van der Waals surface area (Å²) in [6.45, 7) is 0.224. The maximum Gasteiger partial charge on any atom is 0.232 e. The Labute approximate surface area is 160 Å². The van der Waals surface area contributed by atoms with E-state index in [-0.39, 0.29) is 18.9 Å². The summed E-state index contributed by atoms with van der Waals surface area (Å²) >= 11 is 0. The smallest absolute Gasteiger partial charge is 0.232 e. The van der Waals surface area contributed by atoms with Crippen molar-refractivity contribution in [1.29, 1.82) is 0 Å². The van der Waals surface area contributed by atoms with Crippen LogP contribution in [0.15, 0.2) is 42.5 Å². The van der Waals surface area contributed by atoms with Crippen LogP contribution in [0.2, 0.25) is 0 Å². The molecule has 0 aliphatic rings. The highest BCUT2D eigenvalue weighted by molar-refractivity contribution is 7.92. The van der Waals surface area contributed by atoms with E-state index >= 15 is 0 Å². The second kappa shape index (κ2) is 8.77. The molecule has 0 saturated carbocycles. The Morgan fingerprint density at radius 1 is 1.07 bits per heavy atom. The van der Waals surface area contributed by atoms with Gasteiger partial charge in [0.25, 0.3) is 0 Å². The fraction of sp³-hybridized carbons (Fsp3) is 0.316. The molecular weight excluding hydrogens is 368 g/mol. The van der Waals surface area contributed by atoms with Crippen LogP contribution in [0.4, 0.5) is 5.69 Å². The number of carbonyl (C=O) groups is 1. The molecule has 1 amide bonds. The van der Waals surface area contributed by atoms with Gasteiger partial charge in [0, 0.05) is 13.6 Å². The van der Waals surface area contributed by atoms with Gasteiger partial charge in [0.2, 0.25) is 15.9 Å². The normalized spacial score (nSPS) is 11.0. The lowest BCUT2D eigenvalue weighted by atomic mass is 10.1. The molecule has 2 rings (SSSR count). The van der Waals surface area contributed by atoms with Gasteiger partial charge >= 0.3 is 0 Å². The van der Waals surface area contributed by atoms with Crippen LogP contribution in [0.5, 0.6) is 11.5 Å². The van der Waals surface area contributed by atoms with Crippen LogP contribution in [-0.2, 0) is 27.8 Å². The third kappa shape index (κ3) is 5.37. The molecule has 0 aliphatic heterocycles. The van der Waals surface area contributed by atoms with Crippen LogP contribution in [0.3, 0.4) is 0 Å². The number of para-hydroxylation sites is 1. The molecule has 0 heterocycles. The molecule has 0 spiro atoms. The fourth-order valence-corrected chi connectivity index (χ4v) is 3.11. The Morgan fingerprint density at radius 3 is 2.37 bits per heavy atom. The quantitative estimate of drug-likeness (QED) is 0.742. The van der Waals surface area contributed by atoms with Crippen molar-refractivity contribution in [2.24, 2.45) is 0 Å². The average Bonchev–Trinajstić information content (AvgIpc) is 2.65. The number of hydrogen-bond donors (Lipinski definition) is 1. The summed E-state index contributed by atoms with van der Waals surface area (Å²) in [5, 5.41) is 2.83. The maximum atomic E-state index is 12.3. The molecular formula is C19H24N2O5S. The van der Waals surface area contributed by atoms with Gasteiger partial charge in [0.05, 0.1) is 32.6 Å². The predicted octanol–water partition coefficient (Wildman–Crippen LogP) is 1.96. The summed E-state index contributed by atoms with van der Waals surface area (Å²) in [4.78, 5) is 12.3. The van der Waals surface area contributed by atoms with Crippen molar-refractivity contribution >= 4 is 21.6 Å². The molecule has 27 heavy (non-hydrogen) atoms. The number of methoxy groups -OCH3 is 2. The fourth-order valence-electron chi connectivity index (χ4n) is 2.58. The topological polar surface area (TPSA) is 84.9 Å². The van der Waals surface area contributed by atoms with Gasteiger partial charge in [-0.1, -0.05) is 24.3 Å². The van der Waals surface area contributed by atoms with Crippen LogP contribution in [0.1, 0.15) is 11.1 Å². The van der Waals surface area contributed by atoms with Crippen molar-refractivity contribution < 1.29 is 22.7 Å². The lowest BCUT2D eigenvalue weighted by molar-refractivity contribution is -0.120. The Kier molecular flexibility index (Phi) is 6.68. The lowest BCUT2D eigenvalue weighted by Gasteiger charge is -2.20. The molecule has 0 fully saturated rings. The number of hydrogen-bond acceptors (Lipinski definition) is 5. The summed E-state index contributed by atoms with van der Waals surface area (Å²) in [5.74, 6) is 0.973. The van der Waals surface area contributed by atoms with Gasteiger partial charge in [-0.05, 0) is 29.3 Å². The zero-order chi connectivity index (χ0) is 20.0. The van der Waals surface area contributed by atoms with Crippen molar-refractivity contribution in [3.05, 3.63) is 53.6 Å². The number of amides is 1. The summed E-state index contributed by atoms with van der Waals surface area (Å²) < 4.78 is 35.2. The number of ether oxygens (including phenoxy) is 2. The van der Waals surface area contributed by atoms with E-state index in [2.05, 4.69) is 5.32 Å². The van der Waals surface area contributed by atoms with Crippen molar-refractivity contribution in [1.82, 2.24) is 5.32 Å². The molecule has 0 bridgehead atoms. The molecule has 2 aromatic rings. The Balaban J connectivity index is 2.07. The molecule has 0 atom stereocenters. The number of rotatable bonds is 8. The van der Waals surface area contributed by atoms with E-state index in [0.717, 1.165) is 11.8 Å².